The molecule has 190 valence electrons. The minimum absolute atomic E-state index is 0.0719. The number of H-pyrrole nitrogens is 1. The second kappa shape index (κ2) is 12.1. The molecule has 0 aliphatic heterocycles. The Morgan fingerprint density at radius 1 is 1.08 bits per heavy atom. The highest BCUT2D eigenvalue weighted by molar-refractivity contribution is 5.92. The molecule has 0 aliphatic rings. The molecule has 2 aromatic carbocycles. The van der Waals surface area contributed by atoms with Crippen LogP contribution in [0.25, 0.3) is 11.1 Å². The van der Waals surface area contributed by atoms with Crippen molar-refractivity contribution >= 4 is 17.8 Å². The van der Waals surface area contributed by atoms with Gasteiger partial charge in [0.15, 0.2) is 12.3 Å². The van der Waals surface area contributed by atoms with E-state index in [4.69, 9.17) is 4.74 Å². The van der Waals surface area contributed by atoms with Crippen LogP contribution in [0.2, 0.25) is 0 Å². The van der Waals surface area contributed by atoms with Crippen LogP contribution in [0.3, 0.4) is 0 Å². The molecule has 1 heterocycles. The summed E-state index contributed by atoms with van der Waals surface area (Å²) < 4.78 is 5.18. The van der Waals surface area contributed by atoms with Gasteiger partial charge in [-0.05, 0) is 36.5 Å². The van der Waals surface area contributed by atoms with Gasteiger partial charge in [0, 0.05) is 20.1 Å². The quantitative estimate of drug-likeness (QED) is 0.347. The predicted molar refractivity (Wildman–Crippen MR) is 133 cm³/mol. The van der Waals surface area contributed by atoms with Gasteiger partial charge in [-0.15, -0.1) is 0 Å². The normalized spacial score (nSPS) is 13.3. The molecule has 3 aromatic rings. The largest absolute Gasteiger partial charge is 0.455 e. The van der Waals surface area contributed by atoms with Gasteiger partial charge in [-0.1, -0.05) is 54.6 Å². The monoisotopic (exact) mass is 493 g/mol. The second-order valence-corrected chi connectivity index (χ2v) is 9.08. The fourth-order valence-electron chi connectivity index (χ4n) is 3.68. The molecule has 0 fully saturated rings. The average Bonchev–Trinajstić information content (AvgIpc) is 3.43. The molecule has 2 atom stereocenters. The SMILES string of the molecule is CN(C)C(=O)COC(=O)[C@](C)(CO)C[C@@H](Cc1ccc(-c2ccccc2)cc1)NC(=O)c1cn[nH]n1. The van der Waals surface area contributed by atoms with Crippen LogP contribution in [0.4, 0.5) is 0 Å². The van der Waals surface area contributed by atoms with Crippen LogP contribution in [0.1, 0.15) is 29.4 Å². The number of aliphatic hydroxyl groups excluding tert-OH is 1. The average molecular weight is 494 g/mol. The van der Waals surface area contributed by atoms with Gasteiger partial charge in [0.25, 0.3) is 11.8 Å². The fraction of sp³-hybridized carbons (Fsp3) is 0.346. The molecule has 10 nitrogen and oxygen atoms in total. The van der Waals surface area contributed by atoms with Gasteiger partial charge >= 0.3 is 5.97 Å². The van der Waals surface area contributed by atoms with E-state index in [9.17, 15) is 19.5 Å². The Balaban J connectivity index is 1.77. The number of aromatic amines is 1. The minimum atomic E-state index is -1.35. The van der Waals surface area contributed by atoms with E-state index < -0.39 is 36.5 Å². The van der Waals surface area contributed by atoms with Crippen molar-refractivity contribution in [2.24, 2.45) is 5.41 Å². The summed E-state index contributed by atoms with van der Waals surface area (Å²) in [7, 11) is 3.11. The van der Waals surface area contributed by atoms with Crippen molar-refractivity contribution in [2.75, 3.05) is 27.3 Å². The molecule has 0 unspecified atom stereocenters. The van der Waals surface area contributed by atoms with E-state index in [1.54, 1.807) is 21.0 Å². The molecule has 1 aromatic heterocycles. The highest BCUT2D eigenvalue weighted by Gasteiger charge is 2.38. The first kappa shape index (κ1) is 26.6. The zero-order chi connectivity index (χ0) is 26.1. The van der Waals surface area contributed by atoms with Gasteiger partial charge in [-0.3, -0.25) is 14.4 Å². The predicted octanol–water partition coefficient (Wildman–Crippen LogP) is 1.83. The summed E-state index contributed by atoms with van der Waals surface area (Å²) in [5.74, 6) is -1.57. The molecule has 0 aliphatic carbocycles. The van der Waals surface area contributed by atoms with E-state index in [1.807, 2.05) is 54.6 Å². The van der Waals surface area contributed by atoms with Crippen molar-refractivity contribution in [1.82, 2.24) is 25.6 Å². The Bertz CT molecular complexity index is 1150. The van der Waals surface area contributed by atoms with Crippen molar-refractivity contribution in [3.05, 3.63) is 72.1 Å². The maximum Gasteiger partial charge on any atom is 0.314 e. The highest BCUT2D eigenvalue weighted by atomic mass is 16.5. The number of nitrogens with zero attached hydrogens (tertiary/aromatic N) is 3. The Hall–Kier alpha value is -4.05. The summed E-state index contributed by atoms with van der Waals surface area (Å²) in [5.41, 5.74) is 1.82. The van der Waals surface area contributed by atoms with Crippen LogP contribution >= 0.6 is 0 Å². The zero-order valence-electron chi connectivity index (χ0n) is 20.6. The maximum absolute atomic E-state index is 12.8. The first-order chi connectivity index (χ1) is 17.2. The van der Waals surface area contributed by atoms with Crippen molar-refractivity contribution in [3.63, 3.8) is 0 Å². The van der Waals surface area contributed by atoms with Crippen LogP contribution in [-0.2, 0) is 20.7 Å². The maximum atomic E-state index is 12.8. The Kier molecular flexibility index (Phi) is 8.91. The van der Waals surface area contributed by atoms with Gasteiger partial charge in [0.2, 0.25) is 0 Å². The van der Waals surface area contributed by atoms with Crippen molar-refractivity contribution in [3.8, 4) is 11.1 Å². The lowest BCUT2D eigenvalue weighted by atomic mass is 9.82. The molecule has 0 saturated heterocycles. The molecular weight excluding hydrogens is 462 g/mol. The summed E-state index contributed by atoms with van der Waals surface area (Å²) in [6.07, 6.45) is 1.76. The molecule has 2 amide bonds. The third kappa shape index (κ3) is 6.98. The summed E-state index contributed by atoms with van der Waals surface area (Å²) in [4.78, 5) is 38.7. The first-order valence-electron chi connectivity index (χ1n) is 11.5. The topological polar surface area (TPSA) is 138 Å². The minimum Gasteiger partial charge on any atom is -0.455 e. The second-order valence-electron chi connectivity index (χ2n) is 9.08. The summed E-state index contributed by atoms with van der Waals surface area (Å²) in [6, 6.07) is 17.3. The molecule has 10 heteroatoms. The molecule has 3 rings (SSSR count). The van der Waals surface area contributed by atoms with Gasteiger partial charge < -0.3 is 20.1 Å². The standard InChI is InChI=1S/C26H31N5O5/c1-26(17-32,25(35)36-16-23(33)31(2)3)14-21(28-24(34)22-15-27-30-29-22)13-18-9-11-20(12-10-18)19-7-5-4-6-8-19/h4-12,15,21,32H,13-14,16-17H2,1-3H3,(H,28,34)(H,27,29,30)/t21-,26+/m1/s1. The fourth-order valence-corrected chi connectivity index (χ4v) is 3.68. The lowest BCUT2D eigenvalue weighted by Gasteiger charge is -2.30. The van der Waals surface area contributed by atoms with Crippen LogP contribution in [0.5, 0.6) is 0 Å². The summed E-state index contributed by atoms with van der Waals surface area (Å²) >= 11 is 0. The van der Waals surface area contributed by atoms with Crippen molar-refractivity contribution < 1.29 is 24.2 Å². The number of carbonyl (C=O) groups excluding carboxylic acids is 3. The summed E-state index contributed by atoms with van der Waals surface area (Å²) in [5, 5.41) is 22.8. The highest BCUT2D eigenvalue weighted by Crippen LogP contribution is 2.27. The van der Waals surface area contributed by atoms with E-state index in [0.29, 0.717) is 6.42 Å². The molecular formula is C26H31N5O5. The number of aromatic nitrogens is 3. The Morgan fingerprint density at radius 3 is 2.33 bits per heavy atom. The third-order valence-electron chi connectivity index (χ3n) is 5.89. The van der Waals surface area contributed by atoms with E-state index in [2.05, 4.69) is 20.7 Å². The van der Waals surface area contributed by atoms with Crippen LogP contribution in [0, 0.1) is 5.41 Å². The van der Waals surface area contributed by atoms with Crippen LogP contribution in [0.15, 0.2) is 60.8 Å². The molecule has 0 radical (unpaired) electrons. The van der Waals surface area contributed by atoms with E-state index >= 15 is 0 Å². The number of carbonyl (C=O) groups is 3. The molecule has 3 N–H and O–H groups in total. The number of likely N-dealkylation sites (N-methyl/N-ethyl adjacent to an activating group) is 1. The third-order valence-corrected chi connectivity index (χ3v) is 5.89. The summed E-state index contributed by atoms with van der Waals surface area (Å²) in [6.45, 7) is 0.590. The lowest BCUT2D eigenvalue weighted by Crippen LogP contribution is -2.45. The van der Waals surface area contributed by atoms with Crippen molar-refractivity contribution in [2.45, 2.75) is 25.8 Å². The number of ether oxygens (including phenoxy) is 1. The number of aliphatic hydroxyl groups is 1. The van der Waals surface area contributed by atoms with E-state index in [-0.39, 0.29) is 18.0 Å². The van der Waals surface area contributed by atoms with Crippen LogP contribution in [-0.4, -0.2) is 76.6 Å². The Morgan fingerprint density at radius 2 is 1.75 bits per heavy atom. The number of rotatable bonds is 11. The number of nitrogens with one attached hydrogen (secondary N) is 2. The zero-order valence-corrected chi connectivity index (χ0v) is 20.6. The van der Waals surface area contributed by atoms with Crippen molar-refractivity contribution in [1.29, 1.82) is 0 Å². The van der Waals surface area contributed by atoms with E-state index in [1.165, 1.54) is 11.1 Å². The molecule has 0 saturated carbocycles. The van der Waals surface area contributed by atoms with E-state index in [0.717, 1.165) is 16.7 Å². The van der Waals surface area contributed by atoms with Gasteiger partial charge in [0.1, 0.15) is 0 Å². The molecule has 36 heavy (non-hydrogen) atoms. The lowest BCUT2D eigenvalue weighted by molar-refractivity contribution is -0.162. The van der Waals surface area contributed by atoms with Crippen LogP contribution < -0.4 is 5.32 Å². The number of esters is 1. The Labute approximate surface area is 209 Å². The molecule has 0 bridgehead atoms. The smallest absolute Gasteiger partial charge is 0.314 e. The number of hydrogen-bond acceptors (Lipinski definition) is 7. The number of hydrogen-bond donors (Lipinski definition) is 3. The van der Waals surface area contributed by atoms with Gasteiger partial charge in [-0.25, -0.2) is 0 Å². The molecule has 0 spiro atoms. The first-order valence-corrected chi connectivity index (χ1v) is 11.5. The number of benzene rings is 2. The number of amides is 2. The van der Waals surface area contributed by atoms with Gasteiger partial charge in [0.05, 0.1) is 18.2 Å². The van der Waals surface area contributed by atoms with Gasteiger partial charge in [-0.2, -0.15) is 15.4 Å².